The number of fused-ring (bicyclic) bond motifs is 3. The van der Waals surface area contributed by atoms with E-state index in [1.165, 1.54) is 0 Å². The molecular weight excluding hydrogens is 192 g/mol. The molecule has 15 heavy (non-hydrogen) atoms. The Morgan fingerprint density at radius 2 is 2.20 bits per heavy atom. The molecule has 0 unspecified atom stereocenters. The van der Waals surface area contributed by atoms with Crippen LogP contribution in [0.3, 0.4) is 0 Å². The first-order valence-electron chi connectivity index (χ1n) is 4.82. The zero-order valence-corrected chi connectivity index (χ0v) is 8.03. The number of nitrogen functional groups attached to an aromatic ring is 1. The average molecular weight is 202 g/mol. The Balaban J connectivity index is 2.26. The van der Waals surface area contributed by atoms with E-state index >= 15 is 0 Å². The predicted octanol–water partition coefficient (Wildman–Crippen LogP) is 1.73. The summed E-state index contributed by atoms with van der Waals surface area (Å²) in [6.45, 7) is 0. The molecule has 0 atom stereocenters. The van der Waals surface area contributed by atoms with Gasteiger partial charge in [-0.1, -0.05) is 5.16 Å². The van der Waals surface area contributed by atoms with E-state index in [9.17, 15) is 5.11 Å². The minimum absolute atomic E-state index is 0.286. The van der Waals surface area contributed by atoms with E-state index in [2.05, 4.69) is 5.16 Å². The van der Waals surface area contributed by atoms with Crippen LogP contribution in [0.5, 0.6) is 5.75 Å². The Kier molecular flexibility index (Phi) is 1.54. The highest BCUT2D eigenvalue weighted by Gasteiger charge is 2.22. The van der Waals surface area contributed by atoms with Crippen LogP contribution < -0.4 is 5.73 Å². The first kappa shape index (κ1) is 8.35. The fraction of sp³-hybridized carbons (Fsp3) is 0.182. The monoisotopic (exact) mass is 202 g/mol. The summed E-state index contributed by atoms with van der Waals surface area (Å²) in [6.07, 6.45) is 1.68. The number of aromatic hydroxyl groups is 1. The highest BCUT2D eigenvalue weighted by molar-refractivity contribution is 5.73. The molecule has 0 bridgehead atoms. The van der Waals surface area contributed by atoms with Gasteiger partial charge < -0.3 is 15.4 Å². The number of phenols is 1. The molecule has 1 aromatic heterocycles. The molecule has 4 nitrogen and oxygen atoms in total. The molecule has 0 amide bonds. The van der Waals surface area contributed by atoms with Crippen molar-refractivity contribution < 1.29 is 9.63 Å². The average Bonchev–Trinajstić information content (AvgIpc) is 2.60. The number of nitrogens with zero attached hydrogens (tertiary/aromatic N) is 1. The normalized spacial score (nSPS) is 13.3. The number of nitrogens with two attached hydrogens (primary N) is 1. The van der Waals surface area contributed by atoms with E-state index in [0.29, 0.717) is 5.88 Å². The molecule has 0 spiro atoms. The minimum atomic E-state index is 0.286. The Morgan fingerprint density at radius 1 is 1.33 bits per heavy atom. The van der Waals surface area contributed by atoms with Crippen LogP contribution in [-0.4, -0.2) is 10.3 Å². The van der Waals surface area contributed by atoms with E-state index in [1.807, 2.05) is 6.07 Å². The first-order chi connectivity index (χ1) is 7.25. The number of hydrogen-bond acceptors (Lipinski definition) is 4. The smallest absolute Gasteiger partial charge is 0.225 e. The maximum absolute atomic E-state index is 9.37. The standard InChI is InChI=1S/C11H10N2O2/c12-11-9-3-1-6-5-7(14)2-4-8(6)10(9)13-15-11/h2,4-5,14H,1,3,12H2. The molecular formula is C11H10N2O2. The van der Waals surface area contributed by atoms with Gasteiger partial charge in [0.25, 0.3) is 0 Å². The van der Waals surface area contributed by atoms with Gasteiger partial charge >= 0.3 is 0 Å². The lowest BCUT2D eigenvalue weighted by molar-refractivity contribution is 0.438. The lowest BCUT2D eigenvalue weighted by atomic mass is 9.90. The van der Waals surface area contributed by atoms with Crippen molar-refractivity contribution in [3.05, 3.63) is 29.3 Å². The predicted molar refractivity (Wildman–Crippen MR) is 55.4 cm³/mol. The molecule has 0 saturated heterocycles. The number of hydrogen-bond donors (Lipinski definition) is 2. The summed E-state index contributed by atoms with van der Waals surface area (Å²) in [6, 6.07) is 5.27. The fourth-order valence-electron chi connectivity index (χ4n) is 2.05. The summed E-state index contributed by atoms with van der Waals surface area (Å²) in [5.41, 5.74) is 9.57. The second-order valence-corrected chi connectivity index (χ2v) is 3.72. The van der Waals surface area contributed by atoms with Gasteiger partial charge in [0.15, 0.2) is 0 Å². The molecule has 0 aliphatic heterocycles. The zero-order valence-electron chi connectivity index (χ0n) is 8.03. The van der Waals surface area contributed by atoms with Crippen LogP contribution in [0.15, 0.2) is 22.7 Å². The molecule has 0 saturated carbocycles. The molecule has 2 aromatic rings. The van der Waals surface area contributed by atoms with Crippen molar-refractivity contribution in [2.75, 3.05) is 5.73 Å². The van der Waals surface area contributed by atoms with E-state index in [0.717, 1.165) is 35.2 Å². The van der Waals surface area contributed by atoms with Gasteiger partial charge in [0.2, 0.25) is 5.88 Å². The van der Waals surface area contributed by atoms with E-state index in [4.69, 9.17) is 10.3 Å². The van der Waals surface area contributed by atoms with Gasteiger partial charge in [-0.25, -0.2) is 0 Å². The third kappa shape index (κ3) is 1.11. The maximum atomic E-state index is 9.37. The van der Waals surface area contributed by atoms with Crippen molar-refractivity contribution in [1.29, 1.82) is 0 Å². The highest BCUT2D eigenvalue weighted by atomic mass is 16.5. The molecule has 1 aromatic carbocycles. The Hall–Kier alpha value is -1.97. The van der Waals surface area contributed by atoms with Gasteiger partial charge in [0.1, 0.15) is 11.4 Å². The Bertz CT molecular complexity index is 531. The maximum Gasteiger partial charge on any atom is 0.225 e. The molecule has 1 aliphatic carbocycles. The number of aryl methyl sites for hydroxylation is 1. The van der Waals surface area contributed by atoms with Gasteiger partial charge in [-0.2, -0.15) is 0 Å². The third-order valence-corrected chi connectivity index (χ3v) is 2.81. The summed E-state index contributed by atoms with van der Waals surface area (Å²) in [7, 11) is 0. The van der Waals surface area contributed by atoms with Crippen molar-refractivity contribution >= 4 is 5.88 Å². The van der Waals surface area contributed by atoms with Crippen molar-refractivity contribution in [3.63, 3.8) is 0 Å². The van der Waals surface area contributed by atoms with Gasteiger partial charge in [-0.15, -0.1) is 0 Å². The molecule has 0 fully saturated rings. The quantitative estimate of drug-likeness (QED) is 0.682. The van der Waals surface area contributed by atoms with Gasteiger partial charge in [-0.05, 0) is 36.6 Å². The van der Waals surface area contributed by atoms with Crippen LogP contribution >= 0.6 is 0 Å². The summed E-state index contributed by atoms with van der Waals surface area (Å²) >= 11 is 0. The highest BCUT2D eigenvalue weighted by Crippen LogP contribution is 2.36. The zero-order chi connectivity index (χ0) is 10.4. The van der Waals surface area contributed by atoms with Crippen LogP contribution in [0.25, 0.3) is 11.3 Å². The molecule has 1 aliphatic rings. The largest absolute Gasteiger partial charge is 0.508 e. The van der Waals surface area contributed by atoms with Gasteiger partial charge in [0.05, 0.1) is 0 Å². The Morgan fingerprint density at radius 3 is 3.07 bits per heavy atom. The number of rotatable bonds is 0. The van der Waals surface area contributed by atoms with E-state index in [1.54, 1.807) is 12.1 Å². The van der Waals surface area contributed by atoms with Crippen LogP contribution in [0.1, 0.15) is 11.1 Å². The second-order valence-electron chi connectivity index (χ2n) is 3.72. The lowest BCUT2D eigenvalue weighted by Gasteiger charge is -2.14. The van der Waals surface area contributed by atoms with Crippen molar-refractivity contribution in [2.45, 2.75) is 12.8 Å². The summed E-state index contributed by atoms with van der Waals surface area (Å²) in [5.74, 6) is 0.692. The van der Waals surface area contributed by atoms with Crippen LogP contribution in [0, 0.1) is 0 Å². The minimum Gasteiger partial charge on any atom is -0.508 e. The van der Waals surface area contributed by atoms with Crippen molar-refractivity contribution in [2.24, 2.45) is 0 Å². The van der Waals surface area contributed by atoms with Crippen LogP contribution in [0.4, 0.5) is 5.88 Å². The SMILES string of the molecule is Nc1onc2c1CCc1cc(O)ccc1-2. The number of aromatic nitrogens is 1. The fourth-order valence-corrected chi connectivity index (χ4v) is 2.05. The van der Waals surface area contributed by atoms with Gasteiger partial charge in [-0.3, -0.25) is 0 Å². The molecule has 1 heterocycles. The summed E-state index contributed by atoms with van der Waals surface area (Å²) in [4.78, 5) is 0. The third-order valence-electron chi connectivity index (χ3n) is 2.81. The topological polar surface area (TPSA) is 72.3 Å². The van der Waals surface area contributed by atoms with Crippen LogP contribution in [-0.2, 0) is 12.8 Å². The first-order valence-corrected chi connectivity index (χ1v) is 4.82. The molecule has 3 rings (SSSR count). The molecule has 0 radical (unpaired) electrons. The molecule has 76 valence electrons. The van der Waals surface area contributed by atoms with Crippen molar-refractivity contribution in [1.82, 2.24) is 5.16 Å². The number of benzene rings is 1. The van der Waals surface area contributed by atoms with Gasteiger partial charge in [0, 0.05) is 11.1 Å². The van der Waals surface area contributed by atoms with Crippen molar-refractivity contribution in [3.8, 4) is 17.0 Å². The molecule has 4 heteroatoms. The lowest BCUT2D eigenvalue weighted by Crippen LogP contribution is -2.03. The number of anilines is 1. The van der Waals surface area contributed by atoms with E-state index < -0.39 is 0 Å². The summed E-state index contributed by atoms with van der Waals surface area (Å²) < 4.78 is 4.97. The number of phenolic OH excluding ortho intramolecular Hbond substituents is 1. The Labute approximate surface area is 86.3 Å². The van der Waals surface area contributed by atoms with E-state index in [-0.39, 0.29) is 5.75 Å². The van der Waals surface area contributed by atoms with Crippen LogP contribution in [0.2, 0.25) is 0 Å². The second kappa shape index (κ2) is 2.76. The summed E-state index contributed by atoms with van der Waals surface area (Å²) in [5, 5.41) is 13.3. The molecule has 3 N–H and O–H groups in total.